The molecule has 0 spiro atoms. The first-order chi connectivity index (χ1) is 23.2. The monoisotopic (exact) mass is 676 g/mol. The van der Waals surface area contributed by atoms with Gasteiger partial charge in [-0.15, -0.1) is 11.3 Å². The zero-order valence-electron chi connectivity index (χ0n) is 26.1. The standard InChI is InChI=1S/C33H34F2N8O4S/c1-41(18-17-37-15-16-38-36)19-25-28-30(44)43(23-7-4-3-5-8-23)33(46)42(20-24-26(34)9-6-10-27(24)35)31(28)48-29(25)21-11-13-22(14-12-21)39-32(45)40-47-2/h3-16,32,39-40,45H,17-20,36H2,1-2H3. The number of aliphatic hydroxyl groups is 1. The van der Waals surface area contributed by atoms with Gasteiger partial charge >= 0.3 is 5.69 Å². The second-order valence-corrected chi connectivity index (χ2v) is 11.7. The molecule has 0 saturated heterocycles. The van der Waals surface area contributed by atoms with Crippen molar-refractivity contribution in [2.24, 2.45) is 15.9 Å². The van der Waals surface area contributed by atoms with Crippen LogP contribution in [0.4, 0.5) is 14.5 Å². The molecule has 2 heterocycles. The van der Waals surface area contributed by atoms with E-state index in [4.69, 9.17) is 10.7 Å². The number of aliphatic hydroxyl groups excluding tert-OH is 1. The molecule has 0 amide bonds. The molecule has 1 unspecified atom stereocenters. The van der Waals surface area contributed by atoms with Crippen molar-refractivity contribution in [3.8, 4) is 16.1 Å². The minimum atomic E-state index is -1.17. The fraction of sp³-hybridized carbons (Fsp3) is 0.212. The van der Waals surface area contributed by atoms with Crippen molar-refractivity contribution in [3.05, 3.63) is 116 Å². The topological polar surface area (TPSA) is 152 Å². The summed E-state index contributed by atoms with van der Waals surface area (Å²) in [6, 6.07) is 19.0. The molecule has 5 N–H and O–H groups in total. The molecule has 0 radical (unpaired) electrons. The SMILES string of the molecule is CONC(O)Nc1ccc(-c2sc3c(c2CN(C)CCN=CC=NN)c(=O)n(-c2ccccc2)c(=O)n3Cc2c(F)cccc2F)cc1. The van der Waals surface area contributed by atoms with Crippen LogP contribution < -0.4 is 27.9 Å². The molecule has 250 valence electrons. The lowest BCUT2D eigenvalue weighted by molar-refractivity contribution is -0.0157. The van der Waals surface area contributed by atoms with Gasteiger partial charge in [0.2, 0.25) is 6.35 Å². The smallest absolute Gasteiger partial charge is 0.337 e. The number of hydrogen-bond acceptors (Lipinski definition) is 11. The van der Waals surface area contributed by atoms with Gasteiger partial charge in [0, 0.05) is 35.4 Å². The molecule has 15 heteroatoms. The molecule has 0 bridgehead atoms. The predicted molar refractivity (Wildman–Crippen MR) is 185 cm³/mol. The Morgan fingerprint density at radius 2 is 1.73 bits per heavy atom. The fourth-order valence-electron chi connectivity index (χ4n) is 5.19. The minimum absolute atomic E-state index is 0.253. The molecule has 0 aliphatic rings. The number of nitrogens with one attached hydrogen (secondary N) is 2. The third-order valence-electron chi connectivity index (χ3n) is 7.44. The third-order valence-corrected chi connectivity index (χ3v) is 8.75. The molecular weight excluding hydrogens is 642 g/mol. The molecule has 1 atom stereocenters. The number of nitrogens with two attached hydrogens (primary N) is 1. The summed E-state index contributed by atoms with van der Waals surface area (Å²) in [7, 11) is 3.25. The van der Waals surface area contributed by atoms with Crippen molar-refractivity contribution in [2.75, 3.05) is 32.6 Å². The molecular formula is C33H34F2N8O4S. The van der Waals surface area contributed by atoms with Gasteiger partial charge in [-0.25, -0.2) is 18.1 Å². The summed E-state index contributed by atoms with van der Waals surface area (Å²) in [6.07, 6.45) is 1.70. The van der Waals surface area contributed by atoms with Crippen molar-refractivity contribution in [3.63, 3.8) is 0 Å². The predicted octanol–water partition coefficient (Wildman–Crippen LogP) is 3.49. The number of aromatic nitrogens is 2. The Morgan fingerprint density at radius 3 is 2.40 bits per heavy atom. The van der Waals surface area contributed by atoms with E-state index in [-0.39, 0.29) is 22.3 Å². The maximum Gasteiger partial charge on any atom is 0.337 e. The van der Waals surface area contributed by atoms with Crippen LogP contribution in [0.25, 0.3) is 26.3 Å². The number of thiophene rings is 1. The van der Waals surface area contributed by atoms with E-state index in [0.717, 1.165) is 22.3 Å². The summed E-state index contributed by atoms with van der Waals surface area (Å²) in [5.74, 6) is 3.52. The molecule has 0 aliphatic heterocycles. The second-order valence-electron chi connectivity index (χ2n) is 10.7. The van der Waals surface area contributed by atoms with E-state index in [1.807, 2.05) is 11.9 Å². The van der Waals surface area contributed by atoms with Crippen molar-refractivity contribution in [1.82, 2.24) is 19.5 Å². The van der Waals surface area contributed by atoms with E-state index >= 15 is 0 Å². The summed E-state index contributed by atoms with van der Waals surface area (Å²) >= 11 is 1.19. The van der Waals surface area contributed by atoms with E-state index in [2.05, 4.69) is 20.9 Å². The number of rotatable bonds is 14. The van der Waals surface area contributed by atoms with E-state index < -0.39 is 35.8 Å². The highest BCUT2D eigenvalue weighted by Gasteiger charge is 2.25. The lowest BCUT2D eigenvalue weighted by Gasteiger charge is -2.17. The number of likely N-dealkylation sites (N-methyl/N-ethyl adjacent to an activating group) is 1. The second kappa shape index (κ2) is 15.7. The lowest BCUT2D eigenvalue weighted by atomic mass is 10.1. The maximum atomic E-state index is 15.0. The first-order valence-electron chi connectivity index (χ1n) is 14.8. The number of hydroxylamine groups is 1. The average molecular weight is 677 g/mol. The van der Waals surface area contributed by atoms with Gasteiger partial charge in [0.15, 0.2) is 0 Å². The zero-order chi connectivity index (χ0) is 34.2. The number of hydrogen-bond donors (Lipinski definition) is 4. The van der Waals surface area contributed by atoms with Gasteiger partial charge in [-0.3, -0.25) is 14.4 Å². The first kappa shape index (κ1) is 34.3. The molecule has 3 aromatic carbocycles. The molecule has 0 fully saturated rings. The molecule has 5 rings (SSSR count). The van der Waals surface area contributed by atoms with E-state index in [1.54, 1.807) is 54.6 Å². The Balaban J connectivity index is 1.73. The maximum absolute atomic E-state index is 15.0. The molecule has 0 saturated carbocycles. The van der Waals surface area contributed by atoms with E-state index in [0.29, 0.717) is 34.9 Å². The number of halogens is 2. The largest absolute Gasteiger partial charge is 0.359 e. The van der Waals surface area contributed by atoms with Crippen molar-refractivity contribution < 1.29 is 18.7 Å². The highest BCUT2D eigenvalue weighted by atomic mass is 32.1. The number of para-hydroxylation sites is 1. The lowest BCUT2D eigenvalue weighted by Crippen LogP contribution is -2.39. The van der Waals surface area contributed by atoms with Crippen LogP contribution in [-0.4, -0.2) is 65.2 Å². The number of fused-ring (bicyclic) bond motifs is 1. The van der Waals surface area contributed by atoms with Gasteiger partial charge in [0.05, 0.1) is 37.5 Å². The molecule has 12 nitrogen and oxygen atoms in total. The van der Waals surface area contributed by atoms with Crippen LogP contribution in [0.1, 0.15) is 11.1 Å². The number of nitrogens with zero attached hydrogens (tertiary/aromatic N) is 5. The van der Waals surface area contributed by atoms with Gasteiger partial charge in [-0.1, -0.05) is 36.4 Å². The van der Waals surface area contributed by atoms with Crippen LogP contribution in [0.15, 0.2) is 92.5 Å². The van der Waals surface area contributed by atoms with Gasteiger partial charge in [0.1, 0.15) is 16.5 Å². The number of hydrazone groups is 1. The quantitative estimate of drug-likeness (QED) is 0.0604. The van der Waals surface area contributed by atoms with Crippen LogP contribution in [0.2, 0.25) is 0 Å². The summed E-state index contributed by atoms with van der Waals surface area (Å²) in [6.45, 7) is 0.763. The summed E-state index contributed by atoms with van der Waals surface area (Å²) in [5.41, 5.74) is 3.03. The highest BCUT2D eigenvalue weighted by Crippen LogP contribution is 2.38. The Labute approximate surface area is 278 Å². The highest BCUT2D eigenvalue weighted by molar-refractivity contribution is 7.22. The Morgan fingerprint density at radius 1 is 1.02 bits per heavy atom. The molecule has 5 aromatic rings. The zero-order valence-corrected chi connectivity index (χ0v) is 27.0. The number of benzene rings is 3. The summed E-state index contributed by atoms with van der Waals surface area (Å²) in [4.78, 5) is 40.5. The van der Waals surface area contributed by atoms with Gasteiger partial charge in [-0.05, 0) is 54.6 Å². The third kappa shape index (κ3) is 7.56. The number of aliphatic imine (C=N–C) groups is 1. The fourth-order valence-corrected chi connectivity index (χ4v) is 6.50. The minimum Gasteiger partial charge on any atom is -0.359 e. The van der Waals surface area contributed by atoms with Gasteiger partial charge in [-0.2, -0.15) is 10.6 Å². The van der Waals surface area contributed by atoms with Crippen molar-refractivity contribution >= 4 is 39.7 Å². The van der Waals surface area contributed by atoms with Crippen LogP contribution in [0.5, 0.6) is 0 Å². The van der Waals surface area contributed by atoms with Gasteiger partial charge < -0.3 is 26.0 Å². The number of anilines is 1. The van der Waals surface area contributed by atoms with Crippen molar-refractivity contribution in [2.45, 2.75) is 19.4 Å². The Bertz CT molecular complexity index is 2030. The van der Waals surface area contributed by atoms with Crippen LogP contribution in [0, 0.1) is 11.6 Å². The van der Waals surface area contributed by atoms with E-state index in [9.17, 15) is 23.5 Å². The first-order valence-corrected chi connectivity index (χ1v) is 15.6. The molecule has 48 heavy (non-hydrogen) atoms. The Hall–Kier alpha value is -5.06. The van der Waals surface area contributed by atoms with Crippen LogP contribution in [0.3, 0.4) is 0 Å². The van der Waals surface area contributed by atoms with Crippen molar-refractivity contribution in [1.29, 1.82) is 0 Å². The normalized spacial score (nSPS) is 12.5. The average Bonchev–Trinajstić information content (AvgIpc) is 3.44. The molecule has 2 aromatic heterocycles. The Kier molecular flexibility index (Phi) is 11.2. The van der Waals surface area contributed by atoms with Gasteiger partial charge in [0.25, 0.3) is 5.56 Å². The molecule has 0 aliphatic carbocycles. The van der Waals surface area contributed by atoms with Crippen LogP contribution in [-0.2, 0) is 17.9 Å². The summed E-state index contributed by atoms with van der Waals surface area (Å²) in [5, 5.41) is 16.5. The summed E-state index contributed by atoms with van der Waals surface area (Å²) < 4.78 is 32.2. The van der Waals surface area contributed by atoms with E-state index in [1.165, 1.54) is 41.5 Å². The van der Waals surface area contributed by atoms with Crippen LogP contribution >= 0.6 is 11.3 Å².